The van der Waals surface area contributed by atoms with Gasteiger partial charge in [-0.25, -0.2) is 0 Å². The Kier molecular flexibility index (Phi) is 49.1. The molecule has 0 spiro atoms. The average Bonchev–Trinajstić information content (AvgIpc) is 3.30. The Balaban J connectivity index is 4.47. The van der Waals surface area contributed by atoms with Gasteiger partial charge in [0, 0.05) is 12.8 Å². The van der Waals surface area contributed by atoms with Crippen LogP contribution in [0.2, 0.25) is 0 Å². The highest BCUT2D eigenvalue weighted by Crippen LogP contribution is 2.13. The summed E-state index contributed by atoms with van der Waals surface area (Å²) in [7, 11) is 0. The fourth-order valence-electron chi connectivity index (χ4n) is 6.61. The van der Waals surface area contributed by atoms with Gasteiger partial charge in [0.25, 0.3) is 0 Å². The molecule has 1 atom stereocenters. The van der Waals surface area contributed by atoms with E-state index in [1.165, 1.54) is 57.8 Å². The highest BCUT2D eigenvalue weighted by Gasteiger charge is 2.19. The van der Waals surface area contributed by atoms with Crippen LogP contribution < -0.4 is 0 Å². The molecule has 0 N–H and O–H groups in total. The van der Waals surface area contributed by atoms with Gasteiger partial charge in [-0.15, -0.1) is 0 Å². The van der Waals surface area contributed by atoms with Gasteiger partial charge in [0.15, 0.2) is 6.10 Å². The third-order valence-corrected chi connectivity index (χ3v) is 10.5. The number of esters is 3. The van der Waals surface area contributed by atoms with Crippen LogP contribution in [0.5, 0.6) is 0 Å². The summed E-state index contributed by atoms with van der Waals surface area (Å²) in [5, 5.41) is 0. The molecular formula is C59H94O6. The average molecular weight is 899 g/mol. The summed E-state index contributed by atoms with van der Waals surface area (Å²) in [5.41, 5.74) is 0. The molecule has 6 nitrogen and oxygen atoms in total. The Hall–Kier alpha value is -4.19. The van der Waals surface area contributed by atoms with Crippen molar-refractivity contribution in [2.45, 2.75) is 219 Å². The van der Waals surface area contributed by atoms with Crippen LogP contribution in [-0.2, 0) is 28.6 Å². The number of carbonyl (C=O) groups excluding carboxylic acids is 3. The van der Waals surface area contributed by atoms with Crippen molar-refractivity contribution in [2.24, 2.45) is 0 Å². The lowest BCUT2D eigenvalue weighted by molar-refractivity contribution is -0.166. The number of carbonyl (C=O) groups is 3. The molecule has 0 aliphatic heterocycles. The summed E-state index contributed by atoms with van der Waals surface area (Å²) in [5.74, 6) is -1.08. The number of rotatable bonds is 45. The van der Waals surface area contributed by atoms with E-state index in [2.05, 4.69) is 130 Å². The molecule has 0 saturated heterocycles. The minimum Gasteiger partial charge on any atom is -0.462 e. The molecule has 0 rings (SSSR count). The second-order valence-corrected chi connectivity index (χ2v) is 16.7. The van der Waals surface area contributed by atoms with E-state index in [0.717, 1.165) is 109 Å². The van der Waals surface area contributed by atoms with Crippen LogP contribution in [-0.4, -0.2) is 37.2 Å². The first-order valence-corrected chi connectivity index (χ1v) is 26.0. The Morgan fingerprint density at radius 3 is 1.03 bits per heavy atom. The van der Waals surface area contributed by atoms with Crippen LogP contribution in [0.3, 0.4) is 0 Å². The molecule has 0 saturated carbocycles. The normalized spacial score (nSPS) is 13.1. The number of unbranched alkanes of at least 4 members (excludes halogenated alkanes) is 15. The van der Waals surface area contributed by atoms with Crippen molar-refractivity contribution in [3.63, 3.8) is 0 Å². The van der Waals surface area contributed by atoms with Crippen LogP contribution in [0.25, 0.3) is 0 Å². The standard InChI is InChI=1S/C59H94O6/c1-4-7-10-13-16-19-22-24-26-27-28-29-30-31-33-34-37-40-43-46-49-52-58(61)64-55-56(54-63-57(60)51-48-45-42-39-36-21-18-15-12-9-6-3)65-59(62)53-50-47-44-41-38-35-32-25-23-20-17-14-11-8-5-2/h7-8,10-11,15-20,24-26,28-29,32,38,41,47,50,56H,4-6,9,12-14,21-23,27,30-31,33-37,39-40,42-46,48-49,51-55H2,1-3H3/b10-7-,11-8-,18-15-,19-16-,20-17-,26-24-,29-28-,32-25-,41-38-,50-47-. The van der Waals surface area contributed by atoms with Crippen LogP contribution >= 0.6 is 0 Å². The highest BCUT2D eigenvalue weighted by molar-refractivity contribution is 5.72. The molecule has 1 unspecified atom stereocenters. The molecule has 0 fully saturated rings. The second kappa shape index (κ2) is 52.4. The van der Waals surface area contributed by atoms with E-state index in [1.54, 1.807) is 6.08 Å². The first kappa shape index (κ1) is 60.8. The lowest BCUT2D eigenvalue weighted by Gasteiger charge is -2.18. The third kappa shape index (κ3) is 50.7. The predicted molar refractivity (Wildman–Crippen MR) is 279 cm³/mol. The van der Waals surface area contributed by atoms with Gasteiger partial charge < -0.3 is 14.2 Å². The lowest BCUT2D eigenvalue weighted by Crippen LogP contribution is -2.30. The summed E-state index contributed by atoms with van der Waals surface area (Å²) in [6, 6.07) is 0. The molecule has 0 aromatic rings. The van der Waals surface area contributed by atoms with Crippen molar-refractivity contribution in [3.8, 4) is 0 Å². The largest absolute Gasteiger partial charge is 0.462 e. The molecule has 0 bridgehead atoms. The number of hydrogen-bond donors (Lipinski definition) is 0. The van der Waals surface area contributed by atoms with E-state index in [1.807, 2.05) is 6.08 Å². The molecule has 0 aliphatic rings. The van der Waals surface area contributed by atoms with Crippen LogP contribution in [0.1, 0.15) is 213 Å². The van der Waals surface area contributed by atoms with Crippen LogP contribution in [0.4, 0.5) is 0 Å². The zero-order chi connectivity index (χ0) is 47.2. The maximum absolute atomic E-state index is 12.7. The SMILES string of the molecule is CC/C=C\C/C=C\C/C=C\C/C=C\C/C=C\CC(=O)OC(COC(=O)CCCCCCC/C=C\CCCC)COC(=O)CCCCCCCCCC/C=C\C/C=C\C/C=C\C/C=C\CC. The van der Waals surface area contributed by atoms with Gasteiger partial charge in [-0.05, 0) is 103 Å². The van der Waals surface area contributed by atoms with E-state index in [0.29, 0.717) is 19.3 Å². The Morgan fingerprint density at radius 1 is 0.338 bits per heavy atom. The van der Waals surface area contributed by atoms with Gasteiger partial charge in [-0.2, -0.15) is 0 Å². The lowest BCUT2D eigenvalue weighted by atomic mass is 10.1. The number of allylic oxidation sites excluding steroid dienone is 19. The fraction of sp³-hybridized carbons (Fsp3) is 0.610. The van der Waals surface area contributed by atoms with Crippen molar-refractivity contribution in [3.05, 3.63) is 122 Å². The molecule has 0 radical (unpaired) electrons. The van der Waals surface area contributed by atoms with E-state index < -0.39 is 12.1 Å². The maximum atomic E-state index is 12.7. The Morgan fingerprint density at radius 2 is 0.646 bits per heavy atom. The Bertz CT molecular complexity index is 1400. The van der Waals surface area contributed by atoms with E-state index >= 15 is 0 Å². The monoisotopic (exact) mass is 899 g/mol. The maximum Gasteiger partial charge on any atom is 0.310 e. The minimum atomic E-state index is -0.841. The van der Waals surface area contributed by atoms with E-state index in [-0.39, 0.29) is 31.6 Å². The molecule has 0 aliphatic carbocycles. The molecule has 0 amide bonds. The molecule has 366 valence electrons. The molecule has 0 heterocycles. The Labute approximate surface area is 399 Å². The predicted octanol–water partition coefficient (Wildman–Crippen LogP) is 17.3. The van der Waals surface area contributed by atoms with Crippen molar-refractivity contribution in [2.75, 3.05) is 13.2 Å². The first-order valence-electron chi connectivity index (χ1n) is 26.0. The van der Waals surface area contributed by atoms with Gasteiger partial charge in [0.1, 0.15) is 13.2 Å². The minimum absolute atomic E-state index is 0.0890. The fourth-order valence-corrected chi connectivity index (χ4v) is 6.61. The summed E-state index contributed by atoms with van der Waals surface area (Å²) < 4.78 is 16.7. The van der Waals surface area contributed by atoms with Crippen LogP contribution in [0.15, 0.2) is 122 Å². The summed E-state index contributed by atoms with van der Waals surface area (Å²) in [4.78, 5) is 37.9. The van der Waals surface area contributed by atoms with Crippen molar-refractivity contribution >= 4 is 17.9 Å². The van der Waals surface area contributed by atoms with Gasteiger partial charge in [0.2, 0.25) is 0 Å². The van der Waals surface area contributed by atoms with Crippen LogP contribution in [0, 0.1) is 0 Å². The smallest absolute Gasteiger partial charge is 0.310 e. The first-order chi connectivity index (χ1) is 32.0. The van der Waals surface area contributed by atoms with E-state index in [9.17, 15) is 14.4 Å². The molecular weight excluding hydrogens is 805 g/mol. The second-order valence-electron chi connectivity index (χ2n) is 16.7. The van der Waals surface area contributed by atoms with E-state index in [4.69, 9.17) is 14.2 Å². The number of hydrogen-bond acceptors (Lipinski definition) is 6. The van der Waals surface area contributed by atoms with Crippen molar-refractivity contribution < 1.29 is 28.6 Å². The summed E-state index contributed by atoms with van der Waals surface area (Å²) in [6.07, 6.45) is 72.1. The van der Waals surface area contributed by atoms with Gasteiger partial charge >= 0.3 is 17.9 Å². The quantitative estimate of drug-likeness (QED) is 0.0262. The van der Waals surface area contributed by atoms with Crippen molar-refractivity contribution in [1.82, 2.24) is 0 Å². The van der Waals surface area contributed by atoms with Gasteiger partial charge in [-0.1, -0.05) is 213 Å². The van der Waals surface area contributed by atoms with Gasteiger partial charge in [0.05, 0.1) is 6.42 Å². The molecule has 65 heavy (non-hydrogen) atoms. The molecule has 0 aromatic heterocycles. The summed E-state index contributed by atoms with van der Waals surface area (Å²) >= 11 is 0. The highest BCUT2D eigenvalue weighted by atomic mass is 16.6. The topological polar surface area (TPSA) is 78.9 Å². The zero-order valence-corrected chi connectivity index (χ0v) is 41.7. The number of ether oxygens (including phenoxy) is 3. The van der Waals surface area contributed by atoms with Crippen molar-refractivity contribution in [1.29, 1.82) is 0 Å². The van der Waals surface area contributed by atoms with Gasteiger partial charge in [-0.3, -0.25) is 14.4 Å². The molecule has 0 aromatic carbocycles. The zero-order valence-electron chi connectivity index (χ0n) is 41.7. The summed E-state index contributed by atoms with van der Waals surface area (Å²) in [6.45, 7) is 6.26. The molecule has 6 heteroatoms. The third-order valence-electron chi connectivity index (χ3n) is 10.5.